The van der Waals surface area contributed by atoms with Gasteiger partial charge in [0, 0.05) is 0 Å². The normalized spacial score (nSPS) is 8.58. The number of nitriles is 2. The number of pyridine rings is 1. The van der Waals surface area contributed by atoms with E-state index in [1.165, 1.54) is 0 Å². The van der Waals surface area contributed by atoms with Crippen LogP contribution in [-0.4, -0.2) is 4.98 Å². The van der Waals surface area contributed by atoms with Crippen molar-refractivity contribution in [2.75, 3.05) is 5.73 Å². The summed E-state index contributed by atoms with van der Waals surface area (Å²) in [6.45, 7) is 1.72. The van der Waals surface area contributed by atoms with Crippen molar-refractivity contribution in [3.05, 3.63) is 22.9 Å². The summed E-state index contributed by atoms with van der Waals surface area (Å²) in [5.74, 6) is 0.267. The van der Waals surface area contributed by atoms with Gasteiger partial charge in [-0.25, -0.2) is 4.98 Å². The van der Waals surface area contributed by atoms with Crippen LogP contribution < -0.4 is 5.73 Å². The predicted octanol–water partition coefficient (Wildman–Crippen LogP) is 0.716. The number of aromatic nitrogens is 1. The number of hydrogen-bond donors (Lipinski definition) is 1. The molecule has 0 aliphatic heterocycles. The summed E-state index contributed by atoms with van der Waals surface area (Å²) in [6.07, 6.45) is 0. The van der Waals surface area contributed by atoms with Gasteiger partial charge < -0.3 is 5.73 Å². The molecule has 1 rings (SSSR count). The van der Waals surface area contributed by atoms with E-state index in [0.29, 0.717) is 11.1 Å². The Labute approximate surface area is 69.9 Å². The smallest absolute Gasteiger partial charge is 0.160 e. The molecule has 4 heteroatoms. The minimum absolute atomic E-state index is 0.0926. The molecule has 12 heavy (non-hydrogen) atoms. The molecule has 1 aromatic heterocycles. The van der Waals surface area contributed by atoms with Gasteiger partial charge in [-0.2, -0.15) is 10.5 Å². The van der Waals surface area contributed by atoms with Crippen LogP contribution in [0.15, 0.2) is 6.07 Å². The molecule has 0 fully saturated rings. The van der Waals surface area contributed by atoms with Crippen molar-refractivity contribution >= 4 is 5.82 Å². The molecule has 0 saturated heterocycles. The first-order chi connectivity index (χ1) is 5.69. The molecular formula is C8H6N4. The number of nitrogen functional groups attached to an aromatic ring is 1. The highest BCUT2D eigenvalue weighted by Crippen LogP contribution is 2.12. The van der Waals surface area contributed by atoms with E-state index in [1.807, 2.05) is 12.1 Å². The molecule has 1 aromatic rings. The van der Waals surface area contributed by atoms with Gasteiger partial charge in [0.25, 0.3) is 0 Å². The maximum Gasteiger partial charge on any atom is 0.160 e. The summed E-state index contributed by atoms with van der Waals surface area (Å²) in [4.78, 5) is 3.72. The van der Waals surface area contributed by atoms with Crippen molar-refractivity contribution < 1.29 is 0 Å². The summed E-state index contributed by atoms with van der Waals surface area (Å²) >= 11 is 0. The first kappa shape index (κ1) is 8.03. The topological polar surface area (TPSA) is 86.5 Å². The van der Waals surface area contributed by atoms with E-state index < -0.39 is 0 Å². The third kappa shape index (κ3) is 1.18. The lowest BCUT2D eigenvalue weighted by atomic mass is 10.1. The zero-order valence-corrected chi connectivity index (χ0v) is 6.50. The van der Waals surface area contributed by atoms with Gasteiger partial charge in [0.2, 0.25) is 0 Å². The molecule has 0 atom stereocenters. The summed E-state index contributed by atoms with van der Waals surface area (Å²) in [5.41, 5.74) is 6.46. The molecule has 0 bridgehead atoms. The quantitative estimate of drug-likeness (QED) is 0.602. The van der Waals surface area contributed by atoms with E-state index in [0.717, 1.165) is 0 Å². The Balaban J connectivity index is 3.50. The number of anilines is 1. The second kappa shape index (κ2) is 2.89. The van der Waals surface area contributed by atoms with E-state index in [1.54, 1.807) is 13.0 Å². The fraction of sp³-hybridized carbons (Fsp3) is 0.125. The maximum atomic E-state index is 8.64. The van der Waals surface area contributed by atoms with E-state index >= 15 is 0 Å². The highest BCUT2D eigenvalue weighted by molar-refractivity contribution is 5.51. The lowest BCUT2D eigenvalue weighted by Crippen LogP contribution is -1.98. The van der Waals surface area contributed by atoms with E-state index in [4.69, 9.17) is 16.3 Å². The third-order valence-corrected chi connectivity index (χ3v) is 1.45. The standard InChI is InChI=1S/C8H6N4/c1-5-2-8(11)12-7(4-10)6(5)3-9/h2H,1H3,(H2,11,12). The number of hydrogen-bond acceptors (Lipinski definition) is 4. The van der Waals surface area contributed by atoms with Crippen molar-refractivity contribution in [1.82, 2.24) is 4.98 Å². The first-order valence-corrected chi connectivity index (χ1v) is 3.26. The third-order valence-electron chi connectivity index (χ3n) is 1.45. The molecule has 58 valence electrons. The zero-order valence-electron chi connectivity index (χ0n) is 6.50. The first-order valence-electron chi connectivity index (χ1n) is 3.26. The Morgan fingerprint density at radius 1 is 1.42 bits per heavy atom. The number of rotatable bonds is 0. The van der Waals surface area contributed by atoms with Gasteiger partial charge in [-0.05, 0) is 18.6 Å². The highest BCUT2D eigenvalue weighted by atomic mass is 14.8. The van der Waals surface area contributed by atoms with Crippen molar-refractivity contribution in [1.29, 1.82) is 10.5 Å². The van der Waals surface area contributed by atoms with Crippen LogP contribution in [0.25, 0.3) is 0 Å². The average molecular weight is 158 g/mol. The molecule has 0 aliphatic rings. The van der Waals surface area contributed by atoms with Gasteiger partial charge in [-0.3, -0.25) is 0 Å². The number of nitrogens with zero attached hydrogens (tertiary/aromatic N) is 3. The van der Waals surface area contributed by atoms with Crippen LogP contribution in [0.1, 0.15) is 16.8 Å². The Morgan fingerprint density at radius 2 is 2.08 bits per heavy atom. The predicted molar refractivity (Wildman–Crippen MR) is 42.8 cm³/mol. The van der Waals surface area contributed by atoms with Crippen molar-refractivity contribution in [3.63, 3.8) is 0 Å². The summed E-state index contributed by atoms with van der Waals surface area (Å²) in [6, 6.07) is 5.28. The molecule has 0 radical (unpaired) electrons. The largest absolute Gasteiger partial charge is 0.384 e. The van der Waals surface area contributed by atoms with Gasteiger partial charge in [-0.1, -0.05) is 0 Å². The van der Waals surface area contributed by atoms with Crippen molar-refractivity contribution in [2.45, 2.75) is 6.92 Å². The number of aryl methyl sites for hydroxylation is 1. The Bertz CT molecular complexity index is 395. The summed E-state index contributed by atoms with van der Waals surface area (Å²) in [5, 5.41) is 17.2. The van der Waals surface area contributed by atoms with Gasteiger partial charge in [0.1, 0.15) is 18.0 Å². The minimum atomic E-state index is 0.0926. The number of nitrogens with two attached hydrogens (primary N) is 1. The molecule has 0 unspecified atom stereocenters. The lowest BCUT2D eigenvalue weighted by molar-refractivity contribution is 1.21. The van der Waals surface area contributed by atoms with E-state index in [9.17, 15) is 0 Å². The Kier molecular flexibility index (Phi) is 1.94. The van der Waals surface area contributed by atoms with Crippen LogP contribution in [0.3, 0.4) is 0 Å². The summed E-state index contributed by atoms with van der Waals surface area (Å²) < 4.78 is 0. The van der Waals surface area contributed by atoms with E-state index in [2.05, 4.69) is 4.98 Å². The van der Waals surface area contributed by atoms with Crippen LogP contribution in [0.2, 0.25) is 0 Å². The molecule has 0 saturated carbocycles. The molecule has 0 aliphatic carbocycles. The molecule has 0 amide bonds. The van der Waals surface area contributed by atoms with Crippen molar-refractivity contribution in [2.24, 2.45) is 0 Å². The molecular weight excluding hydrogens is 152 g/mol. The molecule has 2 N–H and O–H groups in total. The molecule has 0 spiro atoms. The average Bonchev–Trinajstić information content (AvgIpc) is 2.03. The van der Waals surface area contributed by atoms with Crippen molar-refractivity contribution in [3.8, 4) is 12.1 Å². The van der Waals surface area contributed by atoms with Crippen LogP contribution in [0.5, 0.6) is 0 Å². The van der Waals surface area contributed by atoms with E-state index in [-0.39, 0.29) is 11.5 Å². The van der Waals surface area contributed by atoms with Gasteiger partial charge >= 0.3 is 0 Å². The second-order valence-electron chi connectivity index (χ2n) is 2.31. The van der Waals surface area contributed by atoms with Crippen LogP contribution in [-0.2, 0) is 0 Å². The molecule has 1 heterocycles. The SMILES string of the molecule is Cc1cc(N)nc(C#N)c1C#N. The molecule has 4 nitrogen and oxygen atoms in total. The van der Waals surface area contributed by atoms with Crippen LogP contribution in [0.4, 0.5) is 5.82 Å². The van der Waals surface area contributed by atoms with Crippen LogP contribution >= 0.6 is 0 Å². The Hall–Kier alpha value is -2.07. The lowest BCUT2D eigenvalue weighted by Gasteiger charge is -1.99. The minimum Gasteiger partial charge on any atom is -0.384 e. The fourth-order valence-electron chi connectivity index (χ4n) is 0.920. The maximum absolute atomic E-state index is 8.64. The fourth-order valence-corrected chi connectivity index (χ4v) is 0.920. The summed E-state index contributed by atoms with van der Waals surface area (Å²) in [7, 11) is 0. The van der Waals surface area contributed by atoms with Gasteiger partial charge in [0.15, 0.2) is 5.69 Å². The van der Waals surface area contributed by atoms with Gasteiger partial charge in [-0.15, -0.1) is 0 Å². The highest BCUT2D eigenvalue weighted by Gasteiger charge is 2.06. The monoisotopic (exact) mass is 158 g/mol. The molecule has 0 aromatic carbocycles. The zero-order chi connectivity index (χ0) is 9.14. The second-order valence-corrected chi connectivity index (χ2v) is 2.31. The Morgan fingerprint density at radius 3 is 2.58 bits per heavy atom. The van der Waals surface area contributed by atoms with Gasteiger partial charge in [0.05, 0.1) is 5.56 Å². The van der Waals surface area contributed by atoms with Crippen LogP contribution in [0, 0.1) is 29.6 Å².